The van der Waals surface area contributed by atoms with Gasteiger partial charge in [-0.15, -0.1) is 5.10 Å². The quantitative estimate of drug-likeness (QED) is 0.672. The van der Waals surface area contributed by atoms with Crippen molar-refractivity contribution in [2.45, 2.75) is 13.1 Å². The van der Waals surface area contributed by atoms with Crippen LogP contribution in [0.1, 0.15) is 5.56 Å². The van der Waals surface area contributed by atoms with Crippen LogP contribution in [0, 0.1) is 0 Å². The molecule has 14 heavy (non-hydrogen) atoms. The molecule has 5 heteroatoms. The Morgan fingerprint density at radius 2 is 2.50 bits per heavy atom. The minimum absolute atomic E-state index is 0.852. The van der Waals surface area contributed by atoms with Crippen LogP contribution in [0.5, 0.6) is 0 Å². The predicted octanol–water partition coefficient (Wildman–Crippen LogP) is 0.396. The number of nitrogens with one attached hydrogen (secondary N) is 2. The van der Waals surface area contributed by atoms with Gasteiger partial charge in [-0.1, -0.05) is 5.21 Å². The molecule has 0 aromatic carbocycles. The lowest BCUT2D eigenvalue weighted by Gasteiger charge is -2.02. The summed E-state index contributed by atoms with van der Waals surface area (Å²) in [4.78, 5) is 3.02. The van der Waals surface area contributed by atoms with E-state index in [1.807, 2.05) is 23.3 Å². The van der Waals surface area contributed by atoms with Gasteiger partial charge in [0.05, 0.1) is 12.7 Å². The van der Waals surface area contributed by atoms with Gasteiger partial charge in [0, 0.05) is 31.7 Å². The molecule has 0 aliphatic carbocycles. The molecule has 0 bridgehead atoms. The zero-order chi connectivity index (χ0) is 9.64. The highest BCUT2D eigenvalue weighted by molar-refractivity contribution is 5.07. The zero-order valence-electron chi connectivity index (χ0n) is 7.85. The Morgan fingerprint density at radius 3 is 3.21 bits per heavy atom. The van der Waals surface area contributed by atoms with Gasteiger partial charge in [0.15, 0.2) is 0 Å². The van der Waals surface area contributed by atoms with Gasteiger partial charge < -0.3 is 10.3 Å². The van der Waals surface area contributed by atoms with Crippen LogP contribution in [0.3, 0.4) is 0 Å². The highest BCUT2D eigenvalue weighted by Crippen LogP contribution is 1.94. The van der Waals surface area contributed by atoms with E-state index in [1.54, 1.807) is 6.20 Å². The number of hydrogen-bond donors (Lipinski definition) is 2. The molecule has 0 atom stereocenters. The van der Waals surface area contributed by atoms with E-state index in [9.17, 15) is 0 Å². The van der Waals surface area contributed by atoms with Crippen LogP contribution in [-0.2, 0) is 13.1 Å². The van der Waals surface area contributed by atoms with Crippen molar-refractivity contribution in [1.82, 2.24) is 25.3 Å². The average molecular weight is 191 g/mol. The van der Waals surface area contributed by atoms with Crippen molar-refractivity contribution in [2.75, 3.05) is 6.54 Å². The summed E-state index contributed by atoms with van der Waals surface area (Å²) >= 11 is 0. The fourth-order valence-electron chi connectivity index (χ4n) is 1.25. The summed E-state index contributed by atoms with van der Waals surface area (Å²) < 4.78 is 1.81. The second-order valence-electron chi connectivity index (χ2n) is 3.06. The van der Waals surface area contributed by atoms with E-state index in [1.165, 1.54) is 5.56 Å². The van der Waals surface area contributed by atoms with Gasteiger partial charge in [0.25, 0.3) is 0 Å². The number of hydrogen-bond acceptors (Lipinski definition) is 3. The normalized spacial score (nSPS) is 10.6. The second-order valence-corrected chi connectivity index (χ2v) is 3.06. The maximum absolute atomic E-state index is 3.87. The first kappa shape index (κ1) is 8.96. The van der Waals surface area contributed by atoms with E-state index in [0.29, 0.717) is 0 Å². The van der Waals surface area contributed by atoms with E-state index in [-0.39, 0.29) is 0 Å². The molecule has 0 aliphatic rings. The van der Waals surface area contributed by atoms with Crippen LogP contribution in [-0.4, -0.2) is 26.5 Å². The molecule has 2 rings (SSSR count). The van der Waals surface area contributed by atoms with Gasteiger partial charge in [-0.25, -0.2) is 0 Å². The van der Waals surface area contributed by atoms with Crippen molar-refractivity contribution in [3.8, 4) is 0 Å². The Morgan fingerprint density at radius 1 is 1.50 bits per heavy atom. The average Bonchev–Trinajstić information content (AvgIpc) is 2.86. The molecule has 0 unspecified atom stereocenters. The monoisotopic (exact) mass is 191 g/mol. The highest BCUT2D eigenvalue weighted by atomic mass is 15.4. The van der Waals surface area contributed by atoms with Crippen molar-refractivity contribution in [3.63, 3.8) is 0 Å². The molecule has 0 amide bonds. The SMILES string of the molecule is c1cn(CCNCc2cc[nH]c2)nn1. The van der Waals surface area contributed by atoms with Gasteiger partial charge in [0.2, 0.25) is 0 Å². The molecule has 0 fully saturated rings. The number of nitrogens with zero attached hydrogens (tertiary/aromatic N) is 3. The Bertz CT molecular complexity index is 301. The Kier molecular flexibility index (Phi) is 2.92. The van der Waals surface area contributed by atoms with Gasteiger partial charge in [-0.3, -0.25) is 4.68 Å². The summed E-state index contributed by atoms with van der Waals surface area (Å²) in [6.07, 6.45) is 7.46. The molecule has 0 saturated heterocycles. The maximum atomic E-state index is 3.87. The van der Waals surface area contributed by atoms with Crippen molar-refractivity contribution in [1.29, 1.82) is 0 Å². The summed E-state index contributed by atoms with van der Waals surface area (Å²) in [6, 6.07) is 2.06. The minimum Gasteiger partial charge on any atom is -0.367 e. The van der Waals surface area contributed by atoms with Crippen LogP contribution in [0.4, 0.5) is 0 Å². The topological polar surface area (TPSA) is 58.5 Å². The number of aromatic amines is 1. The first-order valence-electron chi connectivity index (χ1n) is 4.61. The first-order chi connectivity index (χ1) is 6.95. The largest absolute Gasteiger partial charge is 0.367 e. The molecule has 2 N–H and O–H groups in total. The summed E-state index contributed by atoms with van der Waals surface area (Å²) in [6.45, 7) is 2.64. The van der Waals surface area contributed by atoms with E-state index < -0.39 is 0 Å². The molecule has 0 saturated carbocycles. The number of aromatic nitrogens is 4. The predicted molar refractivity (Wildman–Crippen MR) is 52.5 cm³/mol. The Labute approximate surface area is 82.1 Å². The van der Waals surface area contributed by atoms with Crippen LogP contribution in [0.15, 0.2) is 30.9 Å². The molecule has 2 heterocycles. The van der Waals surface area contributed by atoms with Gasteiger partial charge >= 0.3 is 0 Å². The molecule has 5 nitrogen and oxygen atoms in total. The van der Waals surface area contributed by atoms with Crippen LogP contribution >= 0.6 is 0 Å². The molecule has 2 aromatic rings. The van der Waals surface area contributed by atoms with E-state index in [2.05, 4.69) is 26.7 Å². The van der Waals surface area contributed by atoms with Gasteiger partial charge in [0.1, 0.15) is 0 Å². The van der Waals surface area contributed by atoms with Crippen LogP contribution < -0.4 is 5.32 Å². The third-order valence-corrected chi connectivity index (χ3v) is 1.98. The van der Waals surface area contributed by atoms with Gasteiger partial charge in [-0.05, 0) is 11.6 Å². The van der Waals surface area contributed by atoms with Crippen molar-refractivity contribution >= 4 is 0 Å². The fraction of sp³-hybridized carbons (Fsp3) is 0.333. The lowest BCUT2D eigenvalue weighted by atomic mass is 10.3. The summed E-state index contributed by atoms with van der Waals surface area (Å²) in [5, 5.41) is 10.9. The lowest BCUT2D eigenvalue weighted by Crippen LogP contribution is -2.19. The first-order valence-corrected chi connectivity index (χ1v) is 4.61. The number of rotatable bonds is 5. The minimum atomic E-state index is 0.852. The molecule has 2 aromatic heterocycles. The lowest BCUT2D eigenvalue weighted by molar-refractivity contribution is 0.540. The Balaban J connectivity index is 1.65. The smallest absolute Gasteiger partial charge is 0.0692 e. The van der Waals surface area contributed by atoms with Gasteiger partial charge in [-0.2, -0.15) is 0 Å². The molecular formula is C9H13N5. The van der Waals surface area contributed by atoms with E-state index in [4.69, 9.17) is 0 Å². The van der Waals surface area contributed by atoms with E-state index in [0.717, 1.165) is 19.6 Å². The third kappa shape index (κ3) is 2.43. The highest BCUT2D eigenvalue weighted by Gasteiger charge is 1.93. The second kappa shape index (κ2) is 4.57. The Hall–Kier alpha value is -1.62. The van der Waals surface area contributed by atoms with E-state index >= 15 is 0 Å². The molecule has 0 aliphatic heterocycles. The molecule has 74 valence electrons. The summed E-state index contributed by atoms with van der Waals surface area (Å²) in [5.41, 5.74) is 1.27. The summed E-state index contributed by atoms with van der Waals surface area (Å²) in [5.74, 6) is 0. The van der Waals surface area contributed by atoms with Crippen molar-refractivity contribution in [3.05, 3.63) is 36.4 Å². The maximum Gasteiger partial charge on any atom is 0.0692 e. The van der Waals surface area contributed by atoms with Crippen molar-refractivity contribution in [2.24, 2.45) is 0 Å². The van der Waals surface area contributed by atoms with Crippen LogP contribution in [0.25, 0.3) is 0 Å². The fourth-order valence-corrected chi connectivity index (χ4v) is 1.25. The standard InChI is InChI=1S/C9H13N5/c1-2-10-7-9(1)8-11-3-5-14-6-4-12-13-14/h1-2,4,6-7,10-11H,3,5,8H2. The van der Waals surface area contributed by atoms with Crippen LogP contribution in [0.2, 0.25) is 0 Å². The molecular weight excluding hydrogens is 178 g/mol. The molecule has 0 radical (unpaired) electrons. The van der Waals surface area contributed by atoms with Crippen molar-refractivity contribution < 1.29 is 0 Å². The zero-order valence-corrected chi connectivity index (χ0v) is 7.85. The summed E-state index contributed by atoms with van der Waals surface area (Å²) in [7, 11) is 0. The number of H-pyrrole nitrogens is 1. The third-order valence-electron chi connectivity index (χ3n) is 1.98. The molecule has 0 spiro atoms.